The normalized spacial score (nSPS) is 32.6. The van der Waals surface area contributed by atoms with Gasteiger partial charge in [0.25, 0.3) is 0 Å². The highest BCUT2D eigenvalue weighted by molar-refractivity contribution is 6.31. The summed E-state index contributed by atoms with van der Waals surface area (Å²) in [6.45, 7) is 10.7. The van der Waals surface area contributed by atoms with E-state index >= 15 is 0 Å². The number of methoxy groups -OCH3 is 1. The van der Waals surface area contributed by atoms with Crippen molar-refractivity contribution in [2.24, 2.45) is 17.3 Å². The second kappa shape index (κ2) is 9.68. The first-order valence-corrected chi connectivity index (χ1v) is 13.5. The van der Waals surface area contributed by atoms with Crippen LogP contribution in [-0.2, 0) is 21.5 Å². The van der Waals surface area contributed by atoms with Gasteiger partial charge in [-0.25, -0.2) is 4.79 Å². The number of hydrogen-bond donors (Lipinski definition) is 2. The van der Waals surface area contributed by atoms with E-state index in [1.165, 1.54) is 0 Å². The molecule has 0 bridgehead atoms. The molecule has 0 spiro atoms. The molecule has 2 N–H and O–H groups in total. The maximum atomic E-state index is 13.7. The first-order chi connectivity index (χ1) is 16.8. The van der Waals surface area contributed by atoms with Crippen LogP contribution in [0.2, 0.25) is 5.02 Å². The Bertz CT molecular complexity index is 1060. The predicted molar refractivity (Wildman–Crippen MR) is 142 cm³/mol. The van der Waals surface area contributed by atoms with Gasteiger partial charge in [-0.2, -0.15) is 0 Å². The smallest absolute Gasteiger partial charge is 0.322 e. The standard InChI is InChI=1S/C29H41ClN2O4/c1-18-15-28(5,16-23(18)25(33)34)32-17-21-13-22(36-6)10-12-29(21,31-26(32)35)20-8-7-19(24(30)14-20)9-11-27(2,3)4/h7-8,14,17-18,22-23H,9-13,15-16H2,1-6H3,(H,31,35)(H,33,34)/t18?,22?,23-,28?,29-/m0/s1. The maximum absolute atomic E-state index is 13.7. The number of carbonyl (C=O) groups excluding carboxylic acids is 1. The zero-order chi connectivity index (χ0) is 26.5. The van der Waals surface area contributed by atoms with Gasteiger partial charge in [0, 0.05) is 23.9 Å². The molecule has 6 nitrogen and oxygen atoms in total. The Morgan fingerprint density at radius 1 is 1.31 bits per heavy atom. The summed E-state index contributed by atoms with van der Waals surface area (Å²) in [6.07, 6.45) is 7.35. The van der Waals surface area contributed by atoms with Gasteiger partial charge in [-0.3, -0.25) is 9.69 Å². The third kappa shape index (κ3) is 5.04. The summed E-state index contributed by atoms with van der Waals surface area (Å²) in [6, 6.07) is 6.06. The van der Waals surface area contributed by atoms with Crippen LogP contribution in [0.5, 0.6) is 0 Å². The Kier molecular flexibility index (Phi) is 7.26. The number of fused-ring (bicyclic) bond motifs is 1. The molecule has 3 aliphatic rings. The second-order valence-corrected chi connectivity index (χ2v) is 13.1. The van der Waals surface area contributed by atoms with Gasteiger partial charge in [0.15, 0.2) is 0 Å². The van der Waals surface area contributed by atoms with Crippen LogP contribution in [-0.4, -0.2) is 40.8 Å². The minimum atomic E-state index is -0.788. The topological polar surface area (TPSA) is 78.9 Å². The quantitative estimate of drug-likeness (QED) is 0.451. The number of hydrogen-bond acceptors (Lipinski definition) is 3. The van der Waals surface area contributed by atoms with Gasteiger partial charge in [0.2, 0.25) is 0 Å². The highest BCUT2D eigenvalue weighted by Gasteiger charge is 2.53. The van der Waals surface area contributed by atoms with Crippen molar-refractivity contribution in [2.75, 3.05) is 7.11 Å². The van der Waals surface area contributed by atoms with E-state index in [9.17, 15) is 14.7 Å². The zero-order valence-corrected chi connectivity index (χ0v) is 23.2. The first kappa shape index (κ1) is 27.0. The highest BCUT2D eigenvalue weighted by Crippen LogP contribution is 2.49. The fourth-order valence-electron chi connectivity index (χ4n) is 6.47. The van der Waals surface area contributed by atoms with Crippen molar-refractivity contribution in [3.63, 3.8) is 0 Å². The molecule has 1 aliphatic heterocycles. The first-order valence-electron chi connectivity index (χ1n) is 13.2. The number of carbonyl (C=O) groups is 2. The van der Waals surface area contributed by atoms with E-state index in [-0.39, 0.29) is 23.5 Å². The number of carboxylic acids is 1. The van der Waals surface area contributed by atoms with E-state index in [1.807, 2.05) is 26.1 Å². The van der Waals surface area contributed by atoms with Gasteiger partial charge >= 0.3 is 12.0 Å². The van der Waals surface area contributed by atoms with Crippen molar-refractivity contribution < 1.29 is 19.4 Å². The molecule has 0 radical (unpaired) electrons. The van der Waals surface area contributed by atoms with Crippen molar-refractivity contribution >= 4 is 23.6 Å². The van der Waals surface area contributed by atoms with Crippen molar-refractivity contribution in [1.82, 2.24) is 10.2 Å². The van der Waals surface area contributed by atoms with Crippen molar-refractivity contribution in [2.45, 2.75) is 96.7 Å². The molecule has 7 heteroatoms. The lowest BCUT2D eigenvalue weighted by Crippen LogP contribution is -2.61. The van der Waals surface area contributed by atoms with Gasteiger partial charge in [-0.1, -0.05) is 51.4 Å². The Balaban J connectivity index is 1.70. The lowest BCUT2D eigenvalue weighted by molar-refractivity contribution is -0.142. The number of rotatable bonds is 6. The molecule has 36 heavy (non-hydrogen) atoms. The molecule has 0 aromatic heterocycles. The minimum absolute atomic E-state index is 0.00270. The number of aliphatic carboxylic acids is 1. The third-order valence-corrected chi connectivity index (χ3v) is 9.04. The average Bonchev–Trinajstić information content (AvgIpc) is 3.12. The molecule has 2 saturated carbocycles. The summed E-state index contributed by atoms with van der Waals surface area (Å²) in [7, 11) is 1.73. The van der Waals surface area contributed by atoms with Crippen LogP contribution in [0.25, 0.3) is 0 Å². The van der Waals surface area contributed by atoms with Gasteiger partial charge in [0.05, 0.1) is 17.6 Å². The van der Waals surface area contributed by atoms with Gasteiger partial charge in [-0.15, -0.1) is 0 Å². The molecule has 5 atom stereocenters. The number of amides is 2. The van der Waals surface area contributed by atoms with Crippen molar-refractivity contribution in [3.8, 4) is 0 Å². The summed E-state index contributed by atoms with van der Waals surface area (Å²) < 4.78 is 5.73. The fraction of sp³-hybridized carbons (Fsp3) is 0.655. The van der Waals surface area contributed by atoms with E-state index < -0.39 is 23.0 Å². The summed E-state index contributed by atoms with van der Waals surface area (Å²) in [5, 5.41) is 13.8. The van der Waals surface area contributed by atoms with Gasteiger partial charge in [-0.05, 0) is 86.0 Å². The van der Waals surface area contributed by atoms with Crippen LogP contribution in [0, 0.1) is 17.3 Å². The molecule has 1 aromatic carbocycles. The molecule has 1 heterocycles. The summed E-state index contributed by atoms with van der Waals surface area (Å²) in [5.41, 5.74) is 2.24. The van der Waals surface area contributed by atoms with Crippen LogP contribution < -0.4 is 5.32 Å². The lowest BCUT2D eigenvalue weighted by Gasteiger charge is -2.50. The lowest BCUT2D eigenvalue weighted by atomic mass is 9.70. The number of ether oxygens (including phenoxy) is 1. The fourth-order valence-corrected chi connectivity index (χ4v) is 6.75. The van der Waals surface area contributed by atoms with Crippen LogP contribution in [0.1, 0.15) is 84.3 Å². The zero-order valence-electron chi connectivity index (χ0n) is 22.5. The average molecular weight is 517 g/mol. The Morgan fingerprint density at radius 2 is 2.03 bits per heavy atom. The van der Waals surface area contributed by atoms with Crippen molar-refractivity contribution in [3.05, 3.63) is 46.1 Å². The number of aryl methyl sites for hydroxylation is 1. The van der Waals surface area contributed by atoms with E-state index in [0.29, 0.717) is 19.3 Å². The van der Waals surface area contributed by atoms with Crippen molar-refractivity contribution in [1.29, 1.82) is 0 Å². The van der Waals surface area contributed by atoms with Crippen LogP contribution >= 0.6 is 11.6 Å². The molecule has 2 amide bonds. The van der Waals surface area contributed by atoms with Gasteiger partial charge < -0.3 is 15.2 Å². The maximum Gasteiger partial charge on any atom is 0.322 e. The van der Waals surface area contributed by atoms with Crippen LogP contribution in [0.15, 0.2) is 30.0 Å². The summed E-state index contributed by atoms with van der Waals surface area (Å²) in [5.74, 6) is -1.24. The van der Waals surface area contributed by atoms with E-state index in [0.717, 1.165) is 47.4 Å². The molecular weight excluding hydrogens is 476 g/mol. The number of nitrogens with zero attached hydrogens (tertiary/aromatic N) is 1. The monoisotopic (exact) mass is 516 g/mol. The Labute approximate surface area is 220 Å². The Hall–Kier alpha value is -2.05. The van der Waals surface area contributed by atoms with Gasteiger partial charge in [0.1, 0.15) is 0 Å². The largest absolute Gasteiger partial charge is 0.481 e. The van der Waals surface area contributed by atoms with Crippen LogP contribution in [0.4, 0.5) is 4.79 Å². The van der Waals surface area contributed by atoms with E-state index in [2.05, 4.69) is 38.2 Å². The molecular formula is C29H41ClN2O4. The van der Waals surface area contributed by atoms with Crippen LogP contribution in [0.3, 0.4) is 0 Å². The molecule has 2 aliphatic carbocycles. The molecule has 3 unspecified atom stereocenters. The SMILES string of the molecule is COC1CC[C@@]2(c3ccc(CCC(C)(C)C)c(Cl)c3)NC(=O)N(C3(C)CC(C)[C@@H](C(=O)O)C3)C=C2C1. The molecule has 0 saturated heterocycles. The predicted octanol–water partition coefficient (Wildman–Crippen LogP) is 6.51. The molecule has 1 aromatic rings. The summed E-state index contributed by atoms with van der Waals surface area (Å²) >= 11 is 6.79. The molecule has 4 rings (SSSR count). The highest BCUT2D eigenvalue weighted by atomic mass is 35.5. The Morgan fingerprint density at radius 3 is 2.61 bits per heavy atom. The number of halogens is 1. The van der Waals surface area contributed by atoms with E-state index in [1.54, 1.807) is 12.0 Å². The number of benzene rings is 1. The molecule has 198 valence electrons. The van der Waals surface area contributed by atoms with E-state index in [4.69, 9.17) is 16.3 Å². The number of nitrogens with one attached hydrogen (secondary N) is 1. The molecule has 2 fully saturated rings. The number of urea groups is 1. The minimum Gasteiger partial charge on any atom is -0.481 e. The second-order valence-electron chi connectivity index (χ2n) is 12.7. The number of carboxylic acid groups (broad SMARTS) is 1. The third-order valence-electron chi connectivity index (χ3n) is 8.69. The summed E-state index contributed by atoms with van der Waals surface area (Å²) in [4.78, 5) is 27.2.